The van der Waals surface area contributed by atoms with E-state index in [0.717, 1.165) is 0 Å². The van der Waals surface area contributed by atoms with Crippen molar-refractivity contribution in [3.63, 3.8) is 0 Å². The topological polar surface area (TPSA) is 37.3 Å². The predicted molar refractivity (Wildman–Crippen MR) is 61.3 cm³/mol. The number of carbonyl (C=O) groups is 1. The van der Waals surface area contributed by atoms with Gasteiger partial charge in [0.25, 0.3) is 0 Å². The summed E-state index contributed by atoms with van der Waals surface area (Å²) in [6.07, 6.45) is 0.249. The van der Waals surface area contributed by atoms with Crippen molar-refractivity contribution in [2.75, 3.05) is 0 Å². The van der Waals surface area contributed by atoms with Crippen LogP contribution in [0.4, 0.5) is 4.39 Å². The summed E-state index contributed by atoms with van der Waals surface area (Å²) in [5.41, 5.74) is 0.0597. The molecule has 0 saturated heterocycles. The molecule has 1 aromatic carbocycles. The Morgan fingerprint density at radius 3 is 2.50 bits per heavy atom. The normalized spacial score (nSPS) is 11.6. The molecule has 0 fully saturated rings. The minimum atomic E-state index is -0.926. The van der Waals surface area contributed by atoms with Crippen LogP contribution in [0.1, 0.15) is 25.0 Å². The van der Waals surface area contributed by atoms with Gasteiger partial charge in [-0.1, -0.05) is 11.6 Å². The van der Waals surface area contributed by atoms with Crippen molar-refractivity contribution >= 4 is 17.6 Å². The number of rotatable bonds is 3. The maximum absolute atomic E-state index is 13.4. The number of benzene rings is 1. The first-order valence-corrected chi connectivity index (χ1v) is 5.30. The third-order valence-electron chi connectivity index (χ3n) is 2.57. The van der Waals surface area contributed by atoms with E-state index in [1.54, 1.807) is 26.8 Å². The Balaban J connectivity index is 3.04. The molecule has 0 radical (unpaired) electrons. The molecule has 0 amide bonds. The molecule has 0 aromatic heterocycles. The van der Waals surface area contributed by atoms with Crippen molar-refractivity contribution in [2.45, 2.75) is 27.2 Å². The molecule has 0 heterocycles. The van der Waals surface area contributed by atoms with E-state index < -0.39 is 17.2 Å². The standard InChI is InChI=1S/C12H14ClFO2/c1-7-9(13)4-8(5-10(7)14)6-12(2,3)11(15)16/h4-5H,6H2,1-3H3,(H,15,16). The summed E-state index contributed by atoms with van der Waals surface area (Å²) >= 11 is 5.84. The van der Waals surface area contributed by atoms with Gasteiger partial charge in [0.15, 0.2) is 0 Å². The Hall–Kier alpha value is -1.09. The van der Waals surface area contributed by atoms with Gasteiger partial charge in [-0.05, 0) is 44.9 Å². The number of carboxylic acids is 1. The second-order valence-electron chi connectivity index (χ2n) is 4.55. The molecule has 0 spiro atoms. The van der Waals surface area contributed by atoms with Crippen LogP contribution in [0.25, 0.3) is 0 Å². The lowest BCUT2D eigenvalue weighted by Gasteiger charge is -2.19. The maximum atomic E-state index is 13.4. The monoisotopic (exact) mass is 244 g/mol. The van der Waals surface area contributed by atoms with Crippen LogP contribution in [0.5, 0.6) is 0 Å². The Morgan fingerprint density at radius 1 is 1.50 bits per heavy atom. The highest BCUT2D eigenvalue weighted by atomic mass is 35.5. The highest BCUT2D eigenvalue weighted by molar-refractivity contribution is 6.31. The summed E-state index contributed by atoms with van der Waals surface area (Å²) in [6, 6.07) is 2.95. The largest absolute Gasteiger partial charge is 0.481 e. The summed E-state index contributed by atoms with van der Waals surface area (Å²) in [5, 5.41) is 9.30. The third kappa shape index (κ3) is 2.73. The van der Waals surface area contributed by atoms with Gasteiger partial charge in [-0.25, -0.2) is 4.39 Å². The first-order valence-electron chi connectivity index (χ1n) is 4.92. The number of aliphatic carboxylic acids is 1. The fourth-order valence-corrected chi connectivity index (χ4v) is 1.62. The molecule has 0 aliphatic rings. The molecule has 1 aromatic rings. The van der Waals surface area contributed by atoms with E-state index in [2.05, 4.69) is 0 Å². The smallest absolute Gasteiger partial charge is 0.309 e. The van der Waals surface area contributed by atoms with Crippen LogP contribution < -0.4 is 0 Å². The van der Waals surface area contributed by atoms with Gasteiger partial charge in [0.05, 0.1) is 5.41 Å². The van der Waals surface area contributed by atoms with Crippen molar-refractivity contribution in [3.05, 3.63) is 34.1 Å². The average Bonchev–Trinajstić information content (AvgIpc) is 2.13. The fourth-order valence-electron chi connectivity index (χ4n) is 1.39. The van der Waals surface area contributed by atoms with Crippen molar-refractivity contribution < 1.29 is 14.3 Å². The number of halogens is 2. The van der Waals surface area contributed by atoms with Crippen LogP contribution in [-0.2, 0) is 11.2 Å². The van der Waals surface area contributed by atoms with E-state index in [1.165, 1.54) is 6.07 Å². The van der Waals surface area contributed by atoms with Gasteiger partial charge in [-0.3, -0.25) is 4.79 Å². The molecule has 2 nitrogen and oxygen atoms in total. The van der Waals surface area contributed by atoms with E-state index in [4.69, 9.17) is 16.7 Å². The van der Waals surface area contributed by atoms with Crippen LogP contribution >= 0.6 is 11.6 Å². The van der Waals surface area contributed by atoms with Crippen LogP contribution in [-0.4, -0.2) is 11.1 Å². The molecule has 88 valence electrons. The molecule has 16 heavy (non-hydrogen) atoms. The molecule has 0 saturated carbocycles. The molecule has 0 unspecified atom stereocenters. The Labute approximate surface area is 99.0 Å². The van der Waals surface area contributed by atoms with Gasteiger partial charge >= 0.3 is 5.97 Å². The zero-order chi connectivity index (χ0) is 12.5. The average molecular weight is 245 g/mol. The predicted octanol–water partition coefficient (Wildman–Crippen LogP) is 3.44. The van der Waals surface area contributed by atoms with Crippen LogP contribution in [0.3, 0.4) is 0 Å². The van der Waals surface area contributed by atoms with Gasteiger partial charge in [0, 0.05) is 10.6 Å². The SMILES string of the molecule is Cc1c(F)cc(CC(C)(C)C(=O)O)cc1Cl. The summed E-state index contributed by atoms with van der Waals surface area (Å²) in [7, 11) is 0. The van der Waals surface area contributed by atoms with Crippen molar-refractivity contribution in [1.29, 1.82) is 0 Å². The van der Waals surface area contributed by atoms with Gasteiger partial charge in [0.1, 0.15) is 5.82 Å². The van der Waals surface area contributed by atoms with E-state index in [0.29, 0.717) is 16.1 Å². The first kappa shape index (κ1) is 13.0. The minimum absolute atomic E-state index is 0.249. The van der Waals surface area contributed by atoms with Crippen molar-refractivity contribution in [1.82, 2.24) is 0 Å². The van der Waals surface area contributed by atoms with E-state index in [9.17, 15) is 9.18 Å². The van der Waals surface area contributed by atoms with Gasteiger partial charge < -0.3 is 5.11 Å². The number of hydrogen-bond acceptors (Lipinski definition) is 1. The minimum Gasteiger partial charge on any atom is -0.481 e. The van der Waals surface area contributed by atoms with Crippen LogP contribution in [0.15, 0.2) is 12.1 Å². The zero-order valence-corrected chi connectivity index (χ0v) is 10.2. The third-order valence-corrected chi connectivity index (χ3v) is 2.96. The van der Waals surface area contributed by atoms with Crippen molar-refractivity contribution in [2.24, 2.45) is 5.41 Å². The summed E-state index contributed by atoms with van der Waals surface area (Å²) < 4.78 is 13.4. The Morgan fingerprint density at radius 2 is 2.06 bits per heavy atom. The molecular formula is C12H14ClFO2. The molecule has 4 heteroatoms. The lowest BCUT2D eigenvalue weighted by molar-refractivity contribution is -0.146. The maximum Gasteiger partial charge on any atom is 0.309 e. The first-order chi connectivity index (χ1) is 7.24. The molecule has 0 atom stereocenters. The van der Waals surface area contributed by atoms with E-state index in [1.807, 2.05) is 0 Å². The highest BCUT2D eigenvalue weighted by Gasteiger charge is 2.27. The summed E-state index contributed by atoms with van der Waals surface area (Å²) in [4.78, 5) is 10.9. The molecule has 0 aliphatic carbocycles. The molecule has 1 rings (SSSR count). The van der Waals surface area contributed by atoms with Gasteiger partial charge in [0.2, 0.25) is 0 Å². The van der Waals surface area contributed by atoms with Crippen molar-refractivity contribution in [3.8, 4) is 0 Å². The highest BCUT2D eigenvalue weighted by Crippen LogP contribution is 2.26. The lowest BCUT2D eigenvalue weighted by Crippen LogP contribution is -2.26. The molecule has 0 bridgehead atoms. The summed E-state index contributed by atoms with van der Waals surface area (Å²) in [5.74, 6) is -1.31. The van der Waals surface area contributed by atoms with Crippen LogP contribution in [0, 0.1) is 18.2 Å². The second-order valence-corrected chi connectivity index (χ2v) is 4.96. The van der Waals surface area contributed by atoms with Crippen LogP contribution in [0.2, 0.25) is 5.02 Å². The molecular weight excluding hydrogens is 231 g/mol. The molecule has 1 N–H and O–H groups in total. The number of carboxylic acid groups (broad SMARTS) is 1. The molecule has 0 aliphatic heterocycles. The van der Waals surface area contributed by atoms with Gasteiger partial charge in [-0.2, -0.15) is 0 Å². The lowest BCUT2D eigenvalue weighted by atomic mass is 9.86. The van der Waals surface area contributed by atoms with Gasteiger partial charge in [-0.15, -0.1) is 0 Å². The summed E-state index contributed by atoms with van der Waals surface area (Å²) in [6.45, 7) is 4.78. The fraction of sp³-hybridized carbons (Fsp3) is 0.417. The quantitative estimate of drug-likeness (QED) is 0.884. The Bertz CT molecular complexity index is 404. The Kier molecular flexibility index (Phi) is 3.58. The second kappa shape index (κ2) is 4.42. The zero-order valence-electron chi connectivity index (χ0n) is 9.47. The van der Waals surface area contributed by atoms with E-state index >= 15 is 0 Å². The number of hydrogen-bond donors (Lipinski definition) is 1. The van der Waals surface area contributed by atoms with E-state index in [-0.39, 0.29) is 6.42 Å².